The Morgan fingerprint density at radius 3 is 1.65 bits per heavy atom. The molecule has 0 atom stereocenters. The van der Waals surface area contributed by atoms with Gasteiger partial charge in [-0.2, -0.15) is 0 Å². The third-order valence-electron chi connectivity index (χ3n) is 3.98. The van der Waals surface area contributed by atoms with E-state index in [9.17, 15) is 0 Å². The Hall–Kier alpha value is -1.64. The fourth-order valence-electron chi connectivity index (χ4n) is 2.91. The van der Waals surface area contributed by atoms with E-state index in [4.69, 9.17) is 4.74 Å². The van der Waals surface area contributed by atoms with Crippen molar-refractivity contribution in [2.45, 2.75) is 32.8 Å². The summed E-state index contributed by atoms with van der Waals surface area (Å²) in [6, 6.07) is 21.0. The summed E-state index contributed by atoms with van der Waals surface area (Å²) in [5, 5.41) is 0. The molecule has 2 rings (SSSR count). The zero-order valence-corrected chi connectivity index (χ0v) is 14.4. The lowest BCUT2D eigenvalue weighted by Crippen LogP contribution is -2.29. The van der Waals surface area contributed by atoms with Gasteiger partial charge in [0, 0.05) is 6.54 Å². The van der Waals surface area contributed by atoms with Crippen LogP contribution >= 0.6 is 0 Å². The second-order valence-electron chi connectivity index (χ2n) is 5.91. The Bertz CT molecular complexity index is 481. The summed E-state index contributed by atoms with van der Waals surface area (Å²) in [7, 11) is 0. The third-order valence-corrected chi connectivity index (χ3v) is 3.98. The molecule has 0 aliphatic heterocycles. The summed E-state index contributed by atoms with van der Waals surface area (Å²) >= 11 is 0. The highest BCUT2D eigenvalue weighted by Gasteiger charge is 2.14. The van der Waals surface area contributed by atoms with E-state index in [2.05, 4.69) is 79.4 Å². The Balaban J connectivity index is 2.01. The summed E-state index contributed by atoms with van der Waals surface area (Å²) in [5.74, 6) is 0. The average molecular weight is 311 g/mol. The predicted octanol–water partition coefficient (Wildman–Crippen LogP) is 4.91. The van der Waals surface area contributed by atoms with Gasteiger partial charge in [0.25, 0.3) is 0 Å². The second-order valence-corrected chi connectivity index (χ2v) is 5.91. The van der Waals surface area contributed by atoms with Gasteiger partial charge in [0.2, 0.25) is 0 Å². The Morgan fingerprint density at radius 2 is 1.22 bits per heavy atom. The largest absolute Gasteiger partial charge is 0.367 e. The number of rotatable bonds is 10. The Kier molecular flexibility index (Phi) is 7.85. The van der Waals surface area contributed by atoms with Crippen LogP contribution in [0, 0.1) is 0 Å². The fraction of sp³-hybridized carbons (Fsp3) is 0.429. The topological polar surface area (TPSA) is 12.5 Å². The van der Waals surface area contributed by atoms with Crippen molar-refractivity contribution >= 4 is 0 Å². The van der Waals surface area contributed by atoms with E-state index in [1.165, 1.54) is 24.0 Å². The molecule has 0 amide bonds. The molecule has 0 saturated heterocycles. The minimum atomic E-state index is 0.0162. The van der Waals surface area contributed by atoms with E-state index in [1.807, 2.05) is 0 Å². The van der Waals surface area contributed by atoms with Crippen LogP contribution in [0.15, 0.2) is 60.7 Å². The van der Waals surface area contributed by atoms with Crippen LogP contribution < -0.4 is 0 Å². The third kappa shape index (κ3) is 5.81. The van der Waals surface area contributed by atoms with Crippen molar-refractivity contribution in [3.63, 3.8) is 0 Å². The highest BCUT2D eigenvalue weighted by atomic mass is 16.5. The van der Waals surface area contributed by atoms with E-state index in [1.54, 1.807) is 0 Å². The number of ether oxygens (including phenoxy) is 1. The molecule has 0 unspecified atom stereocenters. The molecule has 0 aliphatic rings. The Morgan fingerprint density at radius 1 is 0.739 bits per heavy atom. The van der Waals surface area contributed by atoms with Crippen molar-refractivity contribution in [3.8, 4) is 0 Å². The van der Waals surface area contributed by atoms with E-state index in [0.717, 1.165) is 26.2 Å². The molecule has 0 N–H and O–H groups in total. The first-order valence-electron chi connectivity index (χ1n) is 8.79. The summed E-state index contributed by atoms with van der Waals surface area (Å²) in [4.78, 5) is 2.49. The number of nitrogens with zero attached hydrogens (tertiary/aromatic N) is 1. The molecule has 2 nitrogen and oxygen atoms in total. The van der Waals surface area contributed by atoms with Gasteiger partial charge in [-0.05, 0) is 37.1 Å². The zero-order valence-electron chi connectivity index (χ0n) is 14.4. The van der Waals surface area contributed by atoms with Crippen molar-refractivity contribution in [2.75, 3.05) is 26.2 Å². The van der Waals surface area contributed by atoms with Crippen LogP contribution in [0.5, 0.6) is 0 Å². The van der Waals surface area contributed by atoms with Crippen LogP contribution in [0.25, 0.3) is 0 Å². The van der Waals surface area contributed by atoms with E-state index in [0.29, 0.717) is 0 Å². The van der Waals surface area contributed by atoms with Gasteiger partial charge in [0.15, 0.2) is 0 Å². The zero-order chi connectivity index (χ0) is 16.3. The molecule has 0 saturated carbocycles. The fourth-order valence-corrected chi connectivity index (χ4v) is 2.91. The number of hydrogen-bond acceptors (Lipinski definition) is 2. The van der Waals surface area contributed by atoms with Crippen LogP contribution in [0.1, 0.15) is 43.9 Å². The molecule has 0 spiro atoms. The monoisotopic (exact) mass is 311 g/mol. The van der Waals surface area contributed by atoms with Gasteiger partial charge < -0.3 is 9.64 Å². The first-order valence-corrected chi connectivity index (χ1v) is 8.79. The molecule has 23 heavy (non-hydrogen) atoms. The van der Waals surface area contributed by atoms with Gasteiger partial charge in [0.05, 0.1) is 6.61 Å². The standard InChI is InChI=1S/C21H29NO/c1-3-15-22(16-4-2)17-18-23-21(19-11-7-5-8-12-19)20-13-9-6-10-14-20/h5-14,21H,3-4,15-18H2,1-2H3. The average Bonchev–Trinajstić information content (AvgIpc) is 2.60. The van der Waals surface area contributed by atoms with Gasteiger partial charge in [-0.3, -0.25) is 0 Å². The second kappa shape index (κ2) is 10.2. The first-order chi connectivity index (χ1) is 11.3. The smallest absolute Gasteiger partial charge is 0.108 e. The molecule has 0 bridgehead atoms. The maximum atomic E-state index is 6.30. The molecule has 124 valence electrons. The maximum absolute atomic E-state index is 6.30. The van der Waals surface area contributed by atoms with E-state index >= 15 is 0 Å². The molecule has 2 aromatic rings. The lowest BCUT2D eigenvalue weighted by atomic mass is 10.0. The minimum Gasteiger partial charge on any atom is -0.367 e. The Labute approximate surface area is 141 Å². The molecule has 0 aliphatic carbocycles. The summed E-state index contributed by atoms with van der Waals surface area (Å²) < 4.78 is 6.30. The number of hydrogen-bond donors (Lipinski definition) is 0. The lowest BCUT2D eigenvalue weighted by molar-refractivity contribution is 0.0598. The van der Waals surface area contributed by atoms with Crippen LogP contribution in [0.2, 0.25) is 0 Å². The summed E-state index contributed by atoms with van der Waals surface area (Å²) in [5.41, 5.74) is 2.44. The molecule has 0 heterocycles. The van der Waals surface area contributed by atoms with Crippen LogP contribution in [0.4, 0.5) is 0 Å². The van der Waals surface area contributed by atoms with Gasteiger partial charge in [-0.1, -0.05) is 74.5 Å². The van der Waals surface area contributed by atoms with Crippen molar-refractivity contribution in [1.29, 1.82) is 0 Å². The van der Waals surface area contributed by atoms with Crippen molar-refractivity contribution < 1.29 is 4.74 Å². The maximum Gasteiger partial charge on any atom is 0.108 e. The van der Waals surface area contributed by atoms with E-state index in [-0.39, 0.29) is 6.10 Å². The van der Waals surface area contributed by atoms with Crippen LogP contribution in [0.3, 0.4) is 0 Å². The molecule has 0 aromatic heterocycles. The van der Waals surface area contributed by atoms with Gasteiger partial charge >= 0.3 is 0 Å². The van der Waals surface area contributed by atoms with Gasteiger partial charge in [0.1, 0.15) is 6.10 Å². The number of benzene rings is 2. The summed E-state index contributed by atoms with van der Waals surface area (Å²) in [6.07, 6.45) is 2.41. The first kappa shape index (κ1) is 17.7. The molecule has 2 aromatic carbocycles. The SMILES string of the molecule is CCCN(CCC)CCOC(c1ccccc1)c1ccccc1. The molecule has 2 heteroatoms. The van der Waals surface area contributed by atoms with E-state index < -0.39 is 0 Å². The summed E-state index contributed by atoms with van der Waals surface area (Å²) in [6.45, 7) is 8.53. The van der Waals surface area contributed by atoms with Crippen molar-refractivity contribution in [2.24, 2.45) is 0 Å². The van der Waals surface area contributed by atoms with Crippen LogP contribution in [-0.2, 0) is 4.74 Å². The van der Waals surface area contributed by atoms with Crippen molar-refractivity contribution in [1.82, 2.24) is 4.90 Å². The minimum absolute atomic E-state index is 0.0162. The normalized spacial score (nSPS) is 11.3. The van der Waals surface area contributed by atoms with Gasteiger partial charge in [-0.15, -0.1) is 0 Å². The molecular weight excluding hydrogens is 282 g/mol. The molecule has 0 fully saturated rings. The highest BCUT2D eigenvalue weighted by molar-refractivity contribution is 5.29. The predicted molar refractivity (Wildman–Crippen MR) is 97.7 cm³/mol. The quantitative estimate of drug-likeness (QED) is 0.618. The van der Waals surface area contributed by atoms with Crippen LogP contribution in [-0.4, -0.2) is 31.1 Å². The molecule has 0 radical (unpaired) electrons. The lowest BCUT2D eigenvalue weighted by Gasteiger charge is -2.24. The molecular formula is C21H29NO. The highest BCUT2D eigenvalue weighted by Crippen LogP contribution is 2.25. The van der Waals surface area contributed by atoms with Crippen molar-refractivity contribution in [3.05, 3.63) is 71.8 Å². The van der Waals surface area contributed by atoms with Gasteiger partial charge in [-0.25, -0.2) is 0 Å².